The second kappa shape index (κ2) is 10.5. The van der Waals surface area contributed by atoms with Gasteiger partial charge in [-0.15, -0.1) is 5.10 Å². The SMILES string of the molecule is CC[C@@H](c1nnnn1C1CCCC1)N(CCc1ccccc1)Cc1cc2cc(C)ccc2[nH]c1=O. The minimum absolute atomic E-state index is 0.0296. The summed E-state index contributed by atoms with van der Waals surface area (Å²) in [5.41, 5.74) is 4.08. The molecule has 0 bridgehead atoms. The van der Waals surface area contributed by atoms with Crippen LogP contribution in [0.25, 0.3) is 10.9 Å². The van der Waals surface area contributed by atoms with Crippen molar-refractivity contribution in [1.82, 2.24) is 30.1 Å². The Bertz CT molecular complexity index is 1320. The van der Waals surface area contributed by atoms with Gasteiger partial charge in [-0.3, -0.25) is 9.69 Å². The lowest BCUT2D eigenvalue weighted by atomic mass is 10.1. The van der Waals surface area contributed by atoms with Gasteiger partial charge in [0, 0.05) is 24.2 Å². The van der Waals surface area contributed by atoms with Crippen molar-refractivity contribution in [1.29, 1.82) is 0 Å². The van der Waals surface area contributed by atoms with Crippen molar-refractivity contribution < 1.29 is 0 Å². The molecular formula is C28H34N6O. The van der Waals surface area contributed by atoms with Crippen LogP contribution in [0.1, 0.15) is 73.6 Å². The van der Waals surface area contributed by atoms with Crippen LogP contribution in [0.3, 0.4) is 0 Å². The molecule has 5 rings (SSSR count). The number of pyridine rings is 1. The third-order valence-electron chi connectivity index (χ3n) is 7.29. The Labute approximate surface area is 206 Å². The van der Waals surface area contributed by atoms with Gasteiger partial charge in [-0.2, -0.15) is 0 Å². The van der Waals surface area contributed by atoms with Crippen LogP contribution in [0.4, 0.5) is 0 Å². The lowest BCUT2D eigenvalue weighted by Gasteiger charge is -2.31. The topological polar surface area (TPSA) is 79.7 Å². The number of aromatic amines is 1. The zero-order chi connectivity index (χ0) is 24.2. The Morgan fingerprint density at radius 3 is 2.69 bits per heavy atom. The van der Waals surface area contributed by atoms with E-state index in [0.29, 0.717) is 12.6 Å². The van der Waals surface area contributed by atoms with Crippen LogP contribution in [-0.2, 0) is 13.0 Å². The Kier molecular flexibility index (Phi) is 7.04. The van der Waals surface area contributed by atoms with E-state index in [1.807, 2.05) is 24.3 Å². The predicted molar refractivity (Wildman–Crippen MR) is 138 cm³/mol. The molecule has 1 aliphatic carbocycles. The molecule has 4 aromatic rings. The molecule has 0 aliphatic heterocycles. The third-order valence-corrected chi connectivity index (χ3v) is 7.29. The molecule has 35 heavy (non-hydrogen) atoms. The maximum atomic E-state index is 13.1. The zero-order valence-corrected chi connectivity index (χ0v) is 20.7. The number of hydrogen-bond acceptors (Lipinski definition) is 5. The van der Waals surface area contributed by atoms with Gasteiger partial charge in [0.25, 0.3) is 5.56 Å². The van der Waals surface area contributed by atoms with Crippen molar-refractivity contribution in [2.24, 2.45) is 0 Å². The lowest BCUT2D eigenvalue weighted by molar-refractivity contribution is 0.169. The summed E-state index contributed by atoms with van der Waals surface area (Å²) in [6.45, 7) is 5.61. The maximum absolute atomic E-state index is 13.1. The fourth-order valence-electron chi connectivity index (χ4n) is 5.40. The van der Waals surface area contributed by atoms with Crippen LogP contribution in [0.5, 0.6) is 0 Å². The van der Waals surface area contributed by atoms with Gasteiger partial charge in [0.15, 0.2) is 5.82 Å². The highest BCUT2D eigenvalue weighted by molar-refractivity contribution is 5.79. The molecule has 1 fully saturated rings. The summed E-state index contributed by atoms with van der Waals surface area (Å²) < 4.78 is 2.06. The average Bonchev–Trinajstić information content (AvgIpc) is 3.56. The molecule has 2 aromatic heterocycles. The highest BCUT2D eigenvalue weighted by Crippen LogP contribution is 2.33. The van der Waals surface area contributed by atoms with Gasteiger partial charge in [-0.1, -0.05) is 61.7 Å². The number of H-pyrrole nitrogens is 1. The normalized spacial score (nSPS) is 15.3. The average molecular weight is 471 g/mol. The fraction of sp³-hybridized carbons (Fsp3) is 0.429. The van der Waals surface area contributed by atoms with E-state index in [1.54, 1.807) is 0 Å². The molecule has 0 spiro atoms. The van der Waals surface area contributed by atoms with Crippen LogP contribution in [0.15, 0.2) is 59.4 Å². The van der Waals surface area contributed by atoms with Crippen LogP contribution < -0.4 is 5.56 Å². The van der Waals surface area contributed by atoms with Crippen molar-refractivity contribution >= 4 is 10.9 Å². The van der Waals surface area contributed by atoms with Crippen molar-refractivity contribution in [2.75, 3.05) is 6.54 Å². The molecule has 1 atom stereocenters. The van der Waals surface area contributed by atoms with Crippen LogP contribution >= 0.6 is 0 Å². The highest BCUT2D eigenvalue weighted by atomic mass is 16.1. The van der Waals surface area contributed by atoms with Gasteiger partial charge >= 0.3 is 0 Å². The molecule has 0 amide bonds. The number of aryl methyl sites for hydroxylation is 1. The molecule has 7 nitrogen and oxygen atoms in total. The summed E-state index contributed by atoms with van der Waals surface area (Å²) in [7, 11) is 0. The number of tetrazole rings is 1. The Morgan fingerprint density at radius 1 is 1.11 bits per heavy atom. The summed E-state index contributed by atoms with van der Waals surface area (Å²) in [5.74, 6) is 0.917. The summed E-state index contributed by atoms with van der Waals surface area (Å²) in [6, 6.07) is 19.1. The maximum Gasteiger partial charge on any atom is 0.252 e. The van der Waals surface area contributed by atoms with Crippen molar-refractivity contribution in [3.8, 4) is 0 Å². The molecule has 0 saturated heterocycles. The number of rotatable bonds is 9. The van der Waals surface area contributed by atoms with Gasteiger partial charge in [-0.25, -0.2) is 4.68 Å². The van der Waals surface area contributed by atoms with Crippen LogP contribution in [0.2, 0.25) is 0 Å². The molecule has 2 aromatic carbocycles. The predicted octanol–water partition coefficient (Wildman–Crippen LogP) is 5.13. The first kappa shape index (κ1) is 23.4. The van der Waals surface area contributed by atoms with E-state index >= 15 is 0 Å². The first-order valence-corrected chi connectivity index (χ1v) is 12.8. The highest BCUT2D eigenvalue weighted by Gasteiger charge is 2.29. The molecule has 0 unspecified atom stereocenters. The van der Waals surface area contributed by atoms with Gasteiger partial charge in [0.1, 0.15) is 0 Å². The zero-order valence-electron chi connectivity index (χ0n) is 20.7. The molecule has 7 heteroatoms. The van der Waals surface area contributed by atoms with E-state index in [1.165, 1.54) is 24.0 Å². The van der Waals surface area contributed by atoms with E-state index in [4.69, 9.17) is 0 Å². The van der Waals surface area contributed by atoms with E-state index < -0.39 is 0 Å². The van der Waals surface area contributed by atoms with Crippen molar-refractivity contribution in [3.05, 3.63) is 87.5 Å². The monoisotopic (exact) mass is 470 g/mol. The molecule has 1 N–H and O–H groups in total. The summed E-state index contributed by atoms with van der Waals surface area (Å²) in [5, 5.41) is 14.1. The van der Waals surface area contributed by atoms with E-state index in [2.05, 4.69) is 74.3 Å². The first-order chi connectivity index (χ1) is 17.1. The van der Waals surface area contributed by atoms with Gasteiger partial charge in [0.2, 0.25) is 0 Å². The quantitative estimate of drug-likeness (QED) is 0.367. The first-order valence-electron chi connectivity index (χ1n) is 12.8. The van der Waals surface area contributed by atoms with Crippen LogP contribution in [-0.4, -0.2) is 36.6 Å². The summed E-state index contributed by atoms with van der Waals surface area (Å²) in [4.78, 5) is 18.5. The Morgan fingerprint density at radius 2 is 1.91 bits per heavy atom. The van der Waals surface area contributed by atoms with E-state index in [-0.39, 0.29) is 11.6 Å². The third kappa shape index (κ3) is 5.20. The van der Waals surface area contributed by atoms with E-state index in [9.17, 15) is 4.79 Å². The molecule has 2 heterocycles. The minimum Gasteiger partial charge on any atom is -0.322 e. The molecule has 1 saturated carbocycles. The molecule has 0 radical (unpaired) electrons. The standard InChI is InChI=1S/C28H34N6O/c1-3-26(27-30-31-32-34(27)24-11-7-8-12-24)33(16-15-21-9-5-4-6-10-21)19-23-18-22-17-20(2)13-14-25(22)29-28(23)35/h4-6,9-10,13-14,17-18,24,26H,3,7-8,11-12,15-16,19H2,1-2H3,(H,29,35)/t26-/m0/s1. The summed E-state index contributed by atoms with van der Waals surface area (Å²) >= 11 is 0. The number of benzene rings is 2. The van der Waals surface area contributed by atoms with E-state index in [0.717, 1.165) is 54.5 Å². The Hall–Kier alpha value is -3.32. The second-order valence-corrected chi connectivity index (χ2v) is 9.76. The lowest BCUT2D eigenvalue weighted by Crippen LogP contribution is -2.34. The van der Waals surface area contributed by atoms with Gasteiger partial charge in [0.05, 0.1) is 12.1 Å². The van der Waals surface area contributed by atoms with Crippen molar-refractivity contribution in [3.63, 3.8) is 0 Å². The smallest absolute Gasteiger partial charge is 0.252 e. The molecular weight excluding hydrogens is 436 g/mol. The van der Waals surface area contributed by atoms with Gasteiger partial charge < -0.3 is 4.98 Å². The van der Waals surface area contributed by atoms with Crippen molar-refractivity contribution in [2.45, 2.75) is 71.0 Å². The van der Waals surface area contributed by atoms with Crippen LogP contribution in [0, 0.1) is 6.92 Å². The Balaban J connectivity index is 1.49. The largest absolute Gasteiger partial charge is 0.322 e. The number of nitrogens with zero attached hydrogens (tertiary/aromatic N) is 5. The van der Waals surface area contributed by atoms with Gasteiger partial charge in [-0.05, 0) is 72.2 Å². The summed E-state index contributed by atoms with van der Waals surface area (Å²) in [6.07, 6.45) is 6.47. The molecule has 1 aliphatic rings. The number of aromatic nitrogens is 5. The minimum atomic E-state index is -0.0312. The number of fused-ring (bicyclic) bond motifs is 1. The molecule has 182 valence electrons. The number of hydrogen-bond donors (Lipinski definition) is 1. The second-order valence-electron chi connectivity index (χ2n) is 9.76. The number of nitrogens with one attached hydrogen (secondary N) is 1. The fourth-order valence-corrected chi connectivity index (χ4v) is 5.40.